The minimum Gasteiger partial charge on any atom is -0.492 e. The molecule has 0 saturated heterocycles. The number of carbonyl (C=O) groups excluding carboxylic acids is 1. The molecule has 0 radical (unpaired) electrons. The topological polar surface area (TPSA) is 64.4 Å². The van der Waals surface area contributed by atoms with Gasteiger partial charge in [-0.15, -0.1) is 0 Å². The van der Waals surface area contributed by atoms with Crippen LogP contribution in [0.4, 0.5) is 26.3 Å². The van der Waals surface area contributed by atoms with Crippen LogP contribution in [0.5, 0.6) is 5.75 Å². The molecule has 0 bridgehead atoms. The smallest absolute Gasteiger partial charge is 0.416 e. The van der Waals surface area contributed by atoms with Crippen molar-refractivity contribution in [2.24, 2.45) is 5.73 Å². The maximum absolute atomic E-state index is 12.6. The van der Waals surface area contributed by atoms with Gasteiger partial charge in [-0.25, -0.2) is 0 Å². The Labute approximate surface area is 127 Å². The van der Waals surface area contributed by atoms with Gasteiger partial charge in [-0.3, -0.25) is 4.79 Å². The zero-order chi connectivity index (χ0) is 17.8. The molecule has 10 heteroatoms. The summed E-state index contributed by atoms with van der Waals surface area (Å²) in [5.74, 6) is -0.982. The monoisotopic (exact) mass is 344 g/mol. The van der Waals surface area contributed by atoms with E-state index in [-0.39, 0.29) is 25.1 Å². The number of ether oxygens (including phenoxy) is 1. The van der Waals surface area contributed by atoms with Crippen LogP contribution < -0.4 is 15.8 Å². The standard InChI is InChI=1S/C13H14F6N2O2/c1-7(22)21-5-10(20)6-23-11-3-8(12(14,15)16)2-9(4-11)13(17,18)19/h2-4,10H,5-6,20H2,1H3,(H,21,22). The number of carbonyl (C=O) groups is 1. The number of nitrogens with two attached hydrogens (primary N) is 1. The maximum atomic E-state index is 12.6. The highest BCUT2D eigenvalue weighted by atomic mass is 19.4. The van der Waals surface area contributed by atoms with Crippen LogP contribution >= 0.6 is 0 Å². The number of hydrogen-bond acceptors (Lipinski definition) is 3. The third-order valence-electron chi connectivity index (χ3n) is 2.64. The van der Waals surface area contributed by atoms with E-state index in [4.69, 9.17) is 10.5 Å². The quantitative estimate of drug-likeness (QED) is 0.807. The van der Waals surface area contributed by atoms with Crippen molar-refractivity contribution in [2.45, 2.75) is 25.3 Å². The normalized spacial score (nSPS) is 13.6. The first-order chi connectivity index (χ1) is 10.4. The lowest BCUT2D eigenvalue weighted by Gasteiger charge is -2.17. The summed E-state index contributed by atoms with van der Waals surface area (Å²) in [6, 6.07) is 0.132. The minimum atomic E-state index is -4.95. The highest BCUT2D eigenvalue weighted by Gasteiger charge is 2.37. The molecule has 1 atom stereocenters. The van der Waals surface area contributed by atoms with Crippen molar-refractivity contribution in [3.05, 3.63) is 29.3 Å². The van der Waals surface area contributed by atoms with Crippen molar-refractivity contribution in [1.29, 1.82) is 0 Å². The molecule has 4 nitrogen and oxygen atoms in total. The van der Waals surface area contributed by atoms with Gasteiger partial charge in [0.2, 0.25) is 5.91 Å². The summed E-state index contributed by atoms with van der Waals surface area (Å²) in [5.41, 5.74) is 2.58. The second kappa shape index (κ2) is 7.07. The Bertz CT molecular complexity index is 524. The average Bonchev–Trinajstić information content (AvgIpc) is 2.40. The predicted molar refractivity (Wildman–Crippen MR) is 68.6 cm³/mol. The van der Waals surface area contributed by atoms with E-state index < -0.39 is 35.3 Å². The number of alkyl halides is 6. The molecule has 0 fully saturated rings. The summed E-state index contributed by atoms with van der Waals surface area (Å²) in [6.45, 7) is 0.843. The molecule has 1 rings (SSSR count). The Hall–Kier alpha value is -1.97. The van der Waals surface area contributed by atoms with E-state index in [2.05, 4.69) is 5.32 Å². The van der Waals surface area contributed by atoms with E-state index in [1.807, 2.05) is 0 Å². The lowest BCUT2D eigenvalue weighted by molar-refractivity contribution is -0.143. The molecule has 0 aliphatic carbocycles. The Balaban J connectivity index is 2.91. The zero-order valence-corrected chi connectivity index (χ0v) is 11.9. The molecular weight excluding hydrogens is 330 g/mol. The molecule has 1 amide bonds. The van der Waals surface area contributed by atoms with Gasteiger partial charge in [0.1, 0.15) is 12.4 Å². The lowest BCUT2D eigenvalue weighted by atomic mass is 10.1. The van der Waals surface area contributed by atoms with Crippen molar-refractivity contribution < 1.29 is 35.9 Å². The van der Waals surface area contributed by atoms with Crippen molar-refractivity contribution in [3.63, 3.8) is 0 Å². The molecule has 23 heavy (non-hydrogen) atoms. The largest absolute Gasteiger partial charge is 0.492 e. The second-order valence-electron chi connectivity index (χ2n) is 4.75. The minimum absolute atomic E-state index is 0.00406. The Morgan fingerprint density at radius 2 is 1.61 bits per heavy atom. The van der Waals surface area contributed by atoms with Gasteiger partial charge in [-0.05, 0) is 18.2 Å². The number of nitrogens with one attached hydrogen (secondary N) is 1. The van der Waals surface area contributed by atoms with E-state index in [0.29, 0.717) is 12.1 Å². The number of rotatable bonds is 5. The van der Waals surface area contributed by atoms with Gasteiger partial charge in [0, 0.05) is 13.5 Å². The van der Waals surface area contributed by atoms with Crippen molar-refractivity contribution in [2.75, 3.05) is 13.2 Å². The fourth-order valence-corrected chi connectivity index (χ4v) is 1.55. The molecule has 3 N–H and O–H groups in total. The number of benzene rings is 1. The molecule has 0 saturated carbocycles. The Morgan fingerprint density at radius 3 is 2.00 bits per heavy atom. The van der Waals surface area contributed by atoms with Gasteiger partial charge in [-0.2, -0.15) is 26.3 Å². The van der Waals surface area contributed by atoms with Gasteiger partial charge in [-0.1, -0.05) is 0 Å². The molecule has 1 unspecified atom stereocenters. The Morgan fingerprint density at radius 1 is 1.13 bits per heavy atom. The summed E-state index contributed by atoms with van der Waals surface area (Å²) < 4.78 is 80.8. The van der Waals surface area contributed by atoms with E-state index in [1.165, 1.54) is 6.92 Å². The van der Waals surface area contributed by atoms with E-state index in [0.717, 1.165) is 0 Å². The highest BCUT2D eigenvalue weighted by Crippen LogP contribution is 2.38. The number of hydrogen-bond donors (Lipinski definition) is 2. The van der Waals surface area contributed by atoms with Crippen LogP contribution in [0, 0.1) is 0 Å². The molecular formula is C13H14F6N2O2. The fourth-order valence-electron chi connectivity index (χ4n) is 1.55. The van der Waals surface area contributed by atoms with Crippen LogP contribution in [-0.2, 0) is 17.1 Å². The molecule has 0 spiro atoms. The Kier molecular flexibility index (Phi) is 5.86. The van der Waals surface area contributed by atoms with Gasteiger partial charge in [0.05, 0.1) is 17.2 Å². The van der Waals surface area contributed by atoms with Crippen LogP contribution in [0.3, 0.4) is 0 Å². The third kappa shape index (κ3) is 6.35. The molecule has 0 aliphatic heterocycles. The third-order valence-corrected chi connectivity index (χ3v) is 2.64. The van der Waals surface area contributed by atoms with Crippen LogP contribution in [0.1, 0.15) is 18.1 Å². The van der Waals surface area contributed by atoms with Gasteiger partial charge < -0.3 is 15.8 Å². The van der Waals surface area contributed by atoms with Crippen molar-refractivity contribution >= 4 is 5.91 Å². The summed E-state index contributed by atoms with van der Waals surface area (Å²) in [6.07, 6.45) is -9.89. The molecule has 130 valence electrons. The van der Waals surface area contributed by atoms with E-state index in [9.17, 15) is 31.1 Å². The fraction of sp³-hybridized carbons (Fsp3) is 0.462. The molecule has 1 aromatic rings. The van der Waals surface area contributed by atoms with Crippen LogP contribution in [0.25, 0.3) is 0 Å². The average molecular weight is 344 g/mol. The first kappa shape index (κ1) is 19.1. The maximum Gasteiger partial charge on any atom is 0.416 e. The summed E-state index contributed by atoms with van der Waals surface area (Å²) in [5, 5.41) is 2.35. The lowest BCUT2D eigenvalue weighted by Crippen LogP contribution is -2.40. The number of halogens is 6. The van der Waals surface area contributed by atoms with Crippen molar-refractivity contribution in [1.82, 2.24) is 5.32 Å². The zero-order valence-electron chi connectivity index (χ0n) is 11.9. The van der Waals surface area contributed by atoms with E-state index >= 15 is 0 Å². The summed E-state index contributed by atoms with van der Waals surface area (Å²) >= 11 is 0. The summed E-state index contributed by atoms with van der Waals surface area (Å²) in [7, 11) is 0. The van der Waals surface area contributed by atoms with E-state index in [1.54, 1.807) is 0 Å². The van der Waals surface area contributed by atoms with Gasteiger partial charge in [0.25, 0.3) is 0 Å². The predicted octanol–water partition coefficient (Wildman–Crippen LogP) is 2.57. The first-order valence-corrected chi connectivity index (χ1v) is 6.32. The molecule has 0 heterocycles. The highest BCUT2D eigenvalue weighted by molar-refractivity contribution is 5.72. The molecule has 0 aliphatic rings. The molecule has 1 aromatic carbocycles. The van der Waals surface area contributed by atoms with Crippen molar-refractivity contribution in [3.8, 4) is 5.75 Å². The summed E-state index contributed by atoms with van der Waals surface area (Å²) in [4.78, 5) is 10.7. The SMILES string of the molecule is CC(=O)NCC(N)COc1cc(C(F)(F)F)cc(C(F)(F)F)c1. The van der Waals surface area contributed by atoms with Crippen LogP contribution in [-0.4, -0.2) is 25.1 Å². The second-order valence-corrected chi connectivity index (χ2v) is 4.75. The van der Waals surface area contributed by atoms with Crippen LogP contribution in [0.2, 0.25) is 0 Å². The first-order valence-electron chi connectivity index (χ1n) is 6.32. The number of amides is 1. The van der Waals surface area contributed by atoms with Gasteiger partial charge in [0.15, 0.2) is 0 Å². The van der Waals surface area contributed by atoms with Crippen LogP contribution in [0.15, 0.2) is 18.2 Å². The molecule has 0 aromatic heterocycles. The van der Waals surface area contributed by atoms with Gasteiger partial charge >= 0.3 is 12.4 Å².